The lowest BCUT2D eigenvalue weighted by Gasteiger charge is -2.11. The molecule has 0 bridgehead atoms. The fourth-order valence-corrected chi connectivity index (χ4v) is 4.46. The number of anilines is 1. The van der Waals surface area contributed by atoms with Gasteiger partial charge in [-0.05, 0) is 50.3 Å². The number of azo groups is 1. The van der Waals surface area contributed by atoms with E-state index in [1.165, 1.54) is 21.2 Å². The molecular weight excluding hydrogens is 346 g/mol. The zero-order valence-corrected chi connectivity index (χ0v) is 15.2. The van der Waals surface area contributed by atoms with Crippen molar-refractivity contribution in [3.05, 3.63) is 46.3 Å². The van der Waals surface area contributed by atoms with Crippen LogP contribution >= 0.6 is 11.3 Å². The summed E-state index contributed by atoms with van der Waals surface area (Å²) in [6.45, 7) is 1.77. The van der Waals surface area contributed by atoms with Gasteiger partial charge < -0.3 is 0 Å². The molecule has 1 unspecified atom stereocenters. The van der Waals surface area contributed by atoms with E-state index in [1.807, 2.05) is 30.3 Å². The predicted octanol–water partition coefficient (Wildman–Crippen LogP) is 4.37. The van der Waals surface area contributed by atoms with Crippen molar-refractivity contribution in [1.29, 1.82) is 5.26 Å². The summed E-state index contributed by atoms with van der Waals surface area (Å²) >= 11 is 1.52. The summed E-state index contributed by atoms with van der Waals surface area (Å²) < 4.78 is 0. The minimum Gasteiger partial charge on any atom is -0.269 e. The Hall–Kier alpha value is -2.85. The number of hydrazone groups is 1. The van der Waals surface area contributed by atoms with Crippen molar-refractivity contribution < 1.29 is 4.79 Å². The number of fused-ring (bicyclic) bond motifs is 1. The number of carbonyl (C=O) groups is 1. The molecule has 0 saturated heterocycles. The third-order valence-corrected chi connectivity index (χ3v) is 5.80. The second kappa shape index (κ2) is 6.81. The molecule has 1 amide bonds. The lowest BCUT2D eigenvalue weighted by Crippen LogP contribution is -2.29. The van der Waals surface area contributed by atoms with E-state index in [4.69, 9.17) is 0 Å². The van der Waals surface area contributed by atoms with E-state index in [1.54, 1.807) is 6.92 Å². The fourth-order valence-electron chi connectivity index (χ4n) is 3.29. The van der Waals surface area contributed by atoms with Crippen LogP contribution in [0, 0.1) is 11.3 Å². The standard InChI is InChI=1S/C19H17N5OS/c1-12-17(19(25)24(23-12)13-7-3-2-4-8-13)21-22-18-15(11-20)14-9-5-6-10-16(14)26-18/h2-4,7-8,17H,5-6,9-10H2,1H3. The van der Waals surface area contributed by atoms with E-state index in [9.17, 15) is 10.1 Å². The van der Waals surface area contributed by atoms with Crippen LogP contribution < -0.4 is 5.01 Å². The number of nitriles is 1. The lowest BCUT2D eigenvalue weighted by atomic mass is 9.96. The van der Waals surface area contributed by atoms with Gasteiger partial charge in [-0.3, -0.25) is 4.79 Å². The van der Waals surface area contributed by atoms with Crippen molar-refractivity contribution in [1.82, 2.24) is 0 Å². The molecule has 1 aromatic carbocycles. The number of carbonyl (C=O) groups excluding carboxylic acids is 1. The predicted molar refractivity (Wildman–Crippen MR) is 101 cm³/mol. The van der Waals surface area contributed by atoms with Gasteiger partial charge in [0.1, 0.15) is 6.07 Å². The van der Waals surface area contributed by atoms with Crippen molar-refractivity contribution in [2.75, 3.05) is 5.01 Å². The Morgan fingerprint density at radius 2 is 2.04 bits per heavy atom. The van der Waals surface area contributed by atoms with Gasteiger partial charge in [0.15, 0.2) is 11.0 Å². The van der Waals surface area contributed by atoms with Gasteiger partial charge >= 0.3 is 0 Å². The molecule has 1 aliphatic heterocycles. The molecular formula is C19H17N5OS. The van der Waals surface area contributed by atoms with Gasteiger partial charge in [-0.2, -0.15) is 20.5 Å². The molecule has 2 aromatic rings. The Labute approximate surface area is 155 Å². The molecule has 1 aliphatic carbocycles. The average Bonchev–Trinajstić information content (AvgIpc) is 3.17. The van der Waals surface area contributed by atoms with Crippen LogP contribution in [0.2, 0.25) is 0 Å². The number of hydrogen-bond acceptors (Lipinski definition) is 6. The fraction of sp³-hybridized carbons (Fsp3) is 0.316. The van der Waals surface area contributed by atoms with Crippen LogP contribution in [0.15, 0.2) is 45.7 Å². The highest BCUT2D eigenvalue weighted by Gasteiger charge is 2.34. The van der Waals surface area contributed by atoms with E-state index in [-0.39, 0.29) is 5.91 Å². The monoisotopic (exact) mass is 363 g/mol. The third-order valence-electron chi connectivity index (χ3n) is 4.63. The van der Waals surface area contributed by atoms with Crippen LogP contribution in [-0.4, -0.2) is 17.7 Å². The van der Waals surface area contributed by atoms with Gasteiger partial charge in [0.2, 0.25) is 0 Å². The third kappa shape index (κ3) is 2.82. The number of aryl methyl sites for hydroxylation is 1. The highest BCUT2D eigenvalue weighted by molar-refractivity contribution is 7.16. The van der Waals surface area contributed by atoms with E-state index in [2.05, 4.69) is 21.4 Å². The SMILES string of the molecule is CC1=NN(c2ccccc2)C(=O)C1N=Nc1sc2c(c1C#N)CCCC2. The number of rotatable bonds is 3. The highest BCUT2D eigenvalue weighted by Crippen LogP contribution is 2.39. The number of hydrogen-bond donors (Lipinski definition) is 0. The first-order valence-corrected chi connectivity index (χ1v) is 9.40. The van der Waals surface area contributed by atoms with Crippen LogP contribution in [-0.2, 0) is 17.6 Å². The van der Waals surface area contributed by atoms with Crippen LogP contribution in [0.3, 0.4) is 0 Å². The van der Waals surface area contributed by atoms with Crippen LogP contribution in [0.4, 0.5) is 10.7 Å². The molecule has 0 radical (unpaired) electrons. The van der Waals surface area contributed by atoms with Crippen molar-refractivity contribution >= 4 is 33.6 Å². The zero-order valence-electron chi connectivity index (χ0n) is 14.3. The van der Waals surface area contributed by atoms with E-state index in [0.717, 1.165) is 31.2 Å². The first-order valence-electron chi connectivity index (χ1n) is 8.58. The summed E-state index contributed by atoms with van der Waals surface area (Å²) in [6.07, 6.45) is 4.17. The molecule has 0 fully saturated rings. The summed E-state index contributed by atoms with van der Waals surface area (Å²) in [5.41, 5.74) is 3.04. The van der Waals surface area contributed by atoms with Crippen molar-refractivity contribution in [2.45, 2.75) is 38.6 Å². The molecule has 2 aliphatic rings. The van der Waals surface area contributed by atoms with Gasteiger partial charge in [-0.15, -0.1) is 16.5 Å². The normalized spacial score (nSPS) is 19.5. The Bertz CT molecular complexity index is 954. The van der Waals surface area contributed by atoms with E-state index < -0.39 is 6.04 Å². The summed E-state index contributed by atoms with van der Waals surface area (Å²) in [4.78, 5) is 13.9. The largest absolute Gasteiger partial charge is 0.280 e. The zero-order chi connectivity index (χ0) is 18.1. The molecule has 6 nitrogen and oxygen atoms in total. The van der Waals surface area contributed by atoms with E-state index in [0.29, 0.717) is 22.0 Å². The molecule has 7 heteroatoms. The average molecular weight is 363 g/mol. The molecule has 1 atom stereocenters. The lowest BCUT2D eigenvalue weighted by molar-refractivity contribution is -0.117. The molecule has 0 saturated carbocycles. The molecule has 0 N–H and O–H groups in total. The summed E-state index contributed by atoms with van der Waals surface area (Å²) in [5.74, 6) is -0.225. The first kappa shape index (κ1) is 16.6. The van der Waals surface area contributed by atoms with Gasteiger partial charge in [-0.1, -0.05) is 18.2 Å². The number of benzene rings is 1. The first-order chi connectivity index (χ1) is 12.7. The number of para-hydroxylation sites is 1. The second-order valence-corrected chi connectivity index (χ2v) is 7.43. The number of amides is 1. The maximum absolute atomic E-state index is 12.7. The smallest absolute Gasteiger partial charge is 0.269 e. The topological polar surface area (TPSA) is 81.2 Å². The van der Waals surface area contributed by atoms with Gasteiger partial charge in [0.25, 0.3) is 5.91 Å². The van der Waals surface area contributed by atoms with Gasteiger partial charge in [-0.25, -0.2) is 0 Å². The van der Waals surface area contributed by atoms with Crippen molar-refractivity contribution in [3.8, 4) is 6.07 Å². The Morgan fingerprint density at radius 3 is 2.81 bits per heavy atom. The minimum atomic E-state index is -0.735. The summed E-state index contributed by atoms with van der Waals surface area (Å²) in [6, 6.07) is 10.8. The van der Waals surface area contributed by atoms with Crippen LogP contribution in [0.25, 0.3) is 0 Å². The minimum absolute atomic E-state index is 0.225. The molecule has 26 heavy (non-hydrogen) atoms. The maximum Gasteiger partial charge on any atom is 0.280 e. The summed E-state index contributed by atoms with van der Waals surface area (Å²) in [5, 5.41) is 24.3. The van der Waals surface area contributed by atoms with E-state index >= 15 is 0 Å². The van der Waals surface area contributed by atoms with Gasteiger partial charge in [0.05, 0.1) is 17.0 Å². The van der Waals surface area contributed by atoms with Crippen LogP contribution in [0.5, 0.6) is 0 Å². The molecule has 130 valence electrons. The van der Waals surface area contributed by atoms with Crippen molar-refractivity contribution in [2.24, 2.45) is 15.3 Å². The molecule has 0 spiro atoms. The second-order valence-electron chi connectivity index (χ2n) is 6.35. The highest BCUT2D eigenvalue weighted by atomic mass is 32.1. The van der Waals surface area contributed by atoms with Crippen molar-refractivity contribution in [3.63, 3.8) is 0 Å². The Balaban J connectivity index is 1.60. The number of nitrogens with zero attached hydrogens (tertiary/aromatic N) is 5. The van der Waals surface area contributed by atoms with Gasteiger partial charge in [0, 0.05) is 4.88 Å². The number of thiophene rings is 1. The molecule has 2 heterocycles. The summed E-state index contributed by atoms with van der Waals surface area (Å²) in [7, 11) is 0. The molecule has 4 rings (SSSR count). The molecule has 1 aromatic heterocycles. The maximum atomic E-state index is 12.7. The Morgan fingerprint density at radius 1 is 1.27 bits per heavy atom. The quantitative estimate of drug-likeness (QED) is 0.759. The van der Waals surface area contributed by atoms with Crippen LogP contribution in [0.1, 0.15) is 35.8 Å². The Kier molecular flexibility index (Phi) is 4.35.